The van der Waals surface area contributed by atoms with Crippen molar-refractivity contribution in [2.75, 3.05) is 0 Å². The fraction of sp³-hybridized carbons (Fsp3) is 0. The van der Waals surface area contributed by atoms with Crippen LogP contribution in [0.15, 0.2) is 9.98 Å². The first kappa shape index (κ1) is 9.34. The Balaban J connectivity index is 4.03. The van der Waals surface area contributed by atoms with Crippen LogP contribution in [0.3, 0.4) is 0 Å². The third-order valence-electron chi connectivity index (χ3n) is 0.823. The molecule has 0 aromatic carbocycles. The van der Waals surface area contributed by atoms with E-state index in [0.29, 0.717) is 0 Å². The number of nitrogens with one attached hydrogen (secondary N) is 2. The van der Waals surface area contributed by atoms with Crippen LogP contribution in [0.5, 0.6) is 0 Å². The van der Waals surface area contributed by atoms with Gasteiger partial charge in [0, 0.05) is 0 Å². The van der Waals surface area contributed by atoms with E-state index in [1.54, 1.807) is 0 Å². The monoisotopic (exact) mass is 152 g/mol. The van der Waals surface area contributed by atoms with Gasteiger partial charge in [-0.3, -0.25) is 10.8 Å². The number of amidine groups is 2. The lowest BCUT2D eigenvalue weighted by Crippen LogP contribution is -2.32. The lowest BCUT2D eigenvalue weighted by molar-refractivity contribution is 1.50. The number of hydrogen-bond donors (Lipinski definition) is 4. The van der Waals surface area contributed by atoms with Gasteiger partial charge in [-0.05, 0) is 0 Å². The predicted molar refractivity (Wildman–Crippen MR) is 48.0 cm³/mol. The van der Waals surface area contributed by atoms with Crippen LogP contribution in [0, 0.1) is 10.8 Å². The van der Waals surface area contributed by atoms with Gasteiger partial charge in [-0.2, -0.15) is 0 Å². The zero-order valence-corrected chi connectivity index (χ0v) is 5.91. The van der Waals surface area contributed by atoms with Crippen molar-refractivity contribution in [1.82, 2.24) is 0 Å². The molecular formula is C4H9BN6. The maximum Gasteiger partial charge on any atom is 0.282 e. The molecule has 0 amide bonds. The quantitative estimate of drug-likeness (QED) is 0.217. The highest BCUT2D eigenvalue weighted by atomic mass is 14.9. The molecule has 7 heteroatoms. The van der Waals surface area contributed by atoms with E-state index in [1.807, 2.05) is 0 Å². The lowest BCUT2D eigenvalue weighted by Gasteiger charge is -1.93. The average molecular weight is 152 g/mol. The van der Waals surface area contributed by atoms with Crippen molar-refractivity contribution in [1.29, 1.82) is 10.8 Å². The number of nitrogens with zero attached hydrogens (tertiary/aromatic N) is 2. The molecule has 6 N–H and O–H groups in total. The molecule has 0 bridgehead atoms. The molecule has 0 saturated carbocycles. The fourth-order valence-electron chi connectivity index (χ4n) is 0.443. The molecule has 0 atom stereocenters. The summed E-state index contributed by atoms with van der Waals surface area (Å²) >= 11 is 0. The van der Waals surface area contributed by atoms with E-state index in [9.17, 15) is 0 Å². The fourth-order valence-corrected chi connectivity index (χ4v) is 0.443. The van der Waals surface area contributed by atoms with Gasteiger partial charge in [-0.15, -0.1) is 0 Å². The molecule has 0 saturated heterocycles. The van der Waals surface area contributed by atoms with Gasteiger partial charge in [-0.1, -0.05) is 0 Å². The second-order valence-electron chi connectivity index (χ2n) is 1.68. The van der Waals surface area contributed by atoms with Crippen LogP contribution in [0.2, 0.25) is 0 Å². The summed E-state index contributed by atoms with van der Waals surface area (Å²) in [6.07, 6.45) is 1.65. The molecule has 0 fully saturated rings. The number of hydrogen-bond acceptors (Lipinski definition) is 2. The minimum absolute atomic E-state index is 0.185. The van der Waals surface area contributed by atoms with Crippen molar-refractivity contribution in [3.05, 3.63) is 0 Å². The zero-order valence-electron chi connectivity index (χ0n) is 5.91. The molecule has 0 aromatic rings. The second-order valence-corrected chi connectivity index (χ2v) is 1.68. The zero-order chi connectivity index (χ0) is 8.69. The minimum Gasteiger partial charge on any atom is -0.395 e. The van der Waals surface area contributed by atoms with E-state index in [-0.39, 0.29) is 18.7 Å². The van der Waals surface area contributed by atoms with Crippen molar-refractivity contribution in [3.8, 4) is 0 Å². The van der Waals surface area contributed by atoms with Gasteiger partial charge < -0.3 is 11.5 Å². The average Bonchev–Trinajstić information content (AvgIpc) is 1.87. The van der Waals surface area contributed by atoms with Crippen molar-refractivity contribution in [2.24, 2.45) is 21.5 Å². The van der Waals surface area contributed by atoms with Crippen LogP contribution in [0.1, 0.15) is 0 Å². The Morgan fingerprint density at radius 1 is 1.09 bits per heavy atom. The third kappa shape index (κ3) is 4.82. The molecule has 0 aliphatic carbocycles. The first-order valence-electron chi connectivity index (χ1n) is 2.83. The minimum atomic E-state index is 0.185. The molecule has 11 heavy (non-hydrogen) atoms. The Morgan fingerprint density at radius 2 is 1.45 bits per heavy atom. The van der Waals surface area contributed by atoms with Crippen LogP contribution in [0.25, 0.3) is 0 Å². The molecule has 0 aromatic heterocycles. The van der Waals surface area contributed by atoms with Gasteiger partial charge in [0.15, 0.2) is 0 Å². The molecule has 6 nitrogen and oxygen atoms in total. The SMILES string of the molecule is N=C/N=C(\N)B/C(N)=N/C=N. The molecular weight excluding hydrogens is 143 g/mol. The van der Waals surface area contributed by atoms with Gasteiger partial charge in [0.2, 0.25) is 0 Å². The largest absolute Gasteiger partial charge is 0.395 e. The van der Waals surface area contributed by atoms with E-state index in [4.69, 9.17) is 22.3 Å². The Labute approximate surface area is 64.7 Å². The van der Waals surface area contributed by atoms with E-state index >= 15 is 0 Å². The summed E-state index contributed by atoms with van der Waals surface area (Å²) in [6.45, 7) is 0. The Morgan fingerprint density at radius 3 is 1.73 bits per heavy atom. The molecule has 0 radical (unpaired) electrons. The summed E-state index contributed by atoms with van der Waals surface area (Å²) < 4.78 is 0. The maximum absolute atomic E-state index is 6.56. The smallest absolute Gasteiger partial charge is 0.282 e. The number of nitrogens with two attached hydrogens (primary N) is 2. The summed E-state index contributed by atoms with van der Waals surface area (Å²) in [5, 5.41) is 13.1. The van der Waals surface area contributed by atoms with Gasteiger partial charge in [0.05, 0.1) is 11.5 Å². The van der Waals surface area contributed by atoms with E-state index in [0.717, 1.165) is 12.7 Å². The van der Waals surface area contributed by atoms with Crippen molar-refractivity contribution in [2.45, 2.75) is 0 Å². The predicted octanol–water partition coefficient (Wildman–Crippen LogP) is -1.73. The lowest BCUT2D eigenvalue weighted by atomic mass is 9.75. The van der Waals surface area contributed by atoms with Gasteiger partial charge in [0.1, 0.15) is 12.7 Å². The first-order valence-corrected chi connectivity index (χ1v) is 2.83. The van der Waals surface area contributed by atoms with Crippen LogP contribution in [-0.2, 0) is 0 Å². The van der Waals surface area contributed by atoms with Crippen LogP contribution in [-0.4, -0.2) is 31.4 Å². The van der Waals surface area contributed by atoms with Crippen molar-refractivity contribution < 1.29 is 0 Å². The first-order chi connectivity index (χ1) is 5.20. The molecule has 0 aliphatic heterocycles. The Kier molecular flexibility index (Phi) is 4.38. The highest BCUT2D eigenvalue weighted by Crippen LogP contribution is 1.66. The standard InChI is InChI=1S/C4H9BN6/c6-1-10-3(8)5-4(9)11-2-7/h1-2,5H,(H3,6,8,10)(H3,7,9,11). The van der Waals surface area contributed by atoms with Gasteiger partial charge >= 0.3 is 0 Å². The van der Waals surface area contributed by atoms with Crippen LogP contribution >= 0.6 is 0 Å². The Hall–Kier alpha value is -1.66. The van der Waals surface area contributed by atoms with E-state index in [2.05, 4.69) is 9.98 Å². The van der Waals surface area contributed by atoms with E-state index in [1.165, 1.54) is 0 Å². The van der Waals surface area contributed by atoms with Crippen molar-refractivity contribution >= 4 is 31.4 Å². The Bertz CT molecular complexity index is 185. The van der Waals surface area contributed by atoms with E-state index < -0.39 is 0 Å². The van der Waals surface area contributed by atoms with Crippen LogP contribution in [0.4, 0.5) is 0 Å². The van der Waals surface area contributed by atoms with Crippen LogP contribution < -0.4 is 11.5 Å². The third-order valence-corrected chi connectivity index (χ3v) is 0.823. The highest BCUT2D eigenvalue weighted by Gasteiger charge is 1.98. The molecule has 0 unspecified atom stereocenters. The van der Waals surface area contributed by atoms with Gasteiger partial charge in [0.25, 0.3) is 7.28 Å². The summed E-state index contributed by atoms with van der Waals surface area (Å²) in [7, 11) is 0.185. The molecule has 58 valence electrons. The molecule has 0 spiro atoms. The maximum atomic E-state index is 6.56. The topological polar surface area (TPSA) is 124 Å². The number of aliphatic imine (C=N–C) groups is 2. The summed E-state index contributed by atoms with van der Waals surface area (Å²) in [6, 6.07) is 0. The summed E-state index contributed by atoms with van der Waals surface area (Å²) in [5.74, 6) is 0. The van der Waals surface area contributed by atoms with Crippen molar-refractivity contribution in [3.63, 3.8) is 0 Å². The summed E-state index contributed by atoms with van der Waals surface area (Å²) in [5.41, 5.74) is 11.0. The molecule has 0 rings (SSSR count). The second kappa shape index (κ2) is 5.16. The molecule has 0 heterocycles. The highest BCUT2D eigenvalue weighted by molar-refractivity contribution is 6.98. The summed E-state index contributed by atoms with van der Waals surface area (Å²) in [4.78, 5) is 6.89. The van der Waals surface area contributed by atoms with Gasteiger partial charge in [-0.25, -0.2) is 9.98 Å². The normalized spacial score (nSPS) is 12.4. The number of rotatable bonds is 4. The molecule has 0 aliphatic rings.